The van der Waals surface area contributed by atoms with Crippen molar-refractivity contribution in [2.45, 2.75) is 330 Å². The predicted octanol–water partition coefficient (Wildman–Crippen LogP) is 11.3. The normalized spacial score (nSPS) is 27.5. The van der Waals surface area contributed by atoms with E-state index in [0.717, 1.165) is 96.3 Å². The van der Waals surface area contributed by atoms with Crippen molar-refractivity contribution in [3.05, 3.63) is 134 Å². The second-order valence-electron chi connectivity index (χ2n) is 26.0. The first-order valence-corrected chi connectivity index (χ1v) is 37.4. The molecule has 3 saturated heterocycles. The van der Waals surface area contributed by atoms with Gasteiger partial charge in [0.25, 0.3) is 0 Å². The number of allylic oxidation sites excluding steroid dienone is 21. The zero-order chi connectivity index (χ0) is 71.1. The van der Waals surface area contributed by atoms with Gasteiger partial charge in [0, 0.05) is 6.42 Å². The van der Waals surface area contributed by atoms with Crippen LogP contribution in [-0.4, -0.2) is 193 Å². The molecule has 0 spiro atoms. The highest BCUT2D eigenvalue weighted by molar-refractivity contribution is 5.76. The second kappa shape index (κ2) is 58.4. The van der Waals surface area contributed by atoms with E-state index in [1.54, 1.807) is 6.08 Å². The third-order valence-electron chi connectivity index (χ3n) is 17.7. The van der Waals surface area contributed by atoms with Gasteiger partial charge in [0.05, 0.1) is 38.6 Å². The summed E-state index contributed by atoms with van der Waals surface area (Å²) in [7, 11) is 0. The molecule has 3 heterocycles. The Balaban J connectivity index is 1.44. The van der Waals surface area contributed by atoms with E-state index < -0.39 is 124 Å². The lowest BCUT2D eigenvalue weighted by Crippen LogP contribution is -2.66. The lowest BCUT2D eigenvalue weighted by atomic mass is 9.96. The number of nitrogens with one attached hydrogen (secondary N) is 1. The van der Waals surface area contributed by atoms with Crippen molar-refractivity contribution in [3.8, 4) is 0 Å². The van der Waals surface area contributed by atoms with Crippen molar-refractivity contribution in [3.63, 3.8) is 0 Å². The van der Waals surface area contributed by atoms with E-state index in [1.165, 1.54) is 96.3 Å². The fourth-order valence-electron chi connectivity index (χ4n) is 11.7. The van der Waals surface area contributed by atoms with Crippen LogP contribution in [0.15, 0.2) is 134 Å². The lowest BCUT2D eigenvalue weighted by Gasteiger charge is -2.48. The molecule has 19 nitrogen and oxygen atoms in total. The molecule has 12 N–H and O–H groups in total. The van der Waals surface area contributed by atoms with Crippen molar-refractivity contribution in [2.24, 2.45) is 0 Å². The maximum atomic E-state index is 13.4. The van der Waals surface area contributed by atoms with Gasteiger partial charge in [-0.15, -0.1) is 0 Å². The first kappa shape index (κ1) is 88.1. The summed E-state index contributed by atoms with van der Waals surface area (Å²) >= 11 is 0. The molecular formula is C79H131NO18. The summed E-state index contributed by atoms with van der Waals surface area (Å²) < 4.78 is 34.3. The summed E-state index contributed by atoms with van der Waals surface area (Å²) in [4.78, 5) is 13.4. The van der Waals surface area contributed by atoms with Crippen LogP contribution in [0.1, 0.15) is 226 Å². The van der Waals surface area contributed by atoms with Gasteiger partial charge >= 0.3 is 0 Å². The monoisotopic (exact) mass is 1380 g/mol. The van der Waals surface area contributed by atoms with Crippen LogP contribution in [0.4, 0.5) is 0 Å². The largest absolute Gasteiger partial charge is 0.394 e. The van der Waals surface area contributed by atoms with Crippen molar-refractivity contribution in [2.75, 3.05) is 26.4 Å². The standard InChI is InChI=1S/C79H131NO18/c1-3-5-7-9-11-13-15-17-19-21-23-25-27-28-29-30-31-32-33-34-35-37-39-41-43-45-47-49-51-53-55-57-67(85)80-62(63(84)56-54-52-50-48-46-44-42-40-38-36-26-24-22-20-18-16-14-12-10-8-6-4-2)61-93-77-73(91)70(88)75(65(59-82)95-77)98-79-74(92)71(89)76(66(60-83)96-79)97-78-72(90)69(87)68(86)64(58-81)94-78/h5,7,11,13,17,19,23,25,28-29,31-32,34-35,39,41,45-48,54,56,62-66,68-79,81-84,86-92H,3-4,6,8-10,12,14-16,18,20-22,24,26-27,30,33,36-38,40,42-44,49-53,55,57-61H2,1-2H3,(H,80,85)/b7-5-,13-11-,19-17-,25-23-,29-28-,32-31-,35-34-,41-39-,47-45-,48-46+,56-54+. The molecule has 3 fully saturated rings. The van der Waals surface area contributed by atoms with Crippen LogP contribution in [0.3, 0.4) is 0 Å². The van der Waals surface area contributed by atoms with Crippen molar-refractivity contribution >= 4 is 5.91 Å². The Kier molecular flexibility index (Phi) is 52.6. The molecule has 3 aliphatic rings. The van der Waals surface area contributed by atoms with Crippen molar-refractivity contribution < 1.29 is 89.4 Å². The van der Waals surface area contributed by atoms with E-state index >= 15 is 0 Å². The Morgan fingerprint density at radius 2 is 0.714 bits per heavy atom. The van der Waals surface area contributed by atoms with E-state index in [2.05, 4.69) is 141 Å². The Bertz CT molecular complexity index is 2290. The van der Waals surface area contributed by atoms with Crippen molar-refractivity contribution in [1.29, 1.82) is 0 Å². The molecular weight excluding hydrogens is 1250 g/mol. The van der Waals surface area contributed by atoms with Gasteiger partial charge in [-0.3, -0.25) is 4.79 Å². The highest BCUT2D eigenvalue weighted by atomic mass is 16.8. The van der Waals surface area contributed by atoms with Gasteiger partial charge in [-0.1, -0.05) is 250 Å². The number of amides is 1. The Morgan fingerprint density at radius 3 is 1.14 bits per heavy atom. The summed E-state index contributed by atoms with van der Waals surface area (Å²) in [5.74, 6) is -0.322. The summed E-state index contributed by atoms with van der Waals surface area (Å²) in [6, 6.07) is -1.02. The quantitative estimate of drug-likeness (QED) is 0.0199. The fraction of sp³-hybridized carbons (Fsp3) is 0.709. The molecule has 0 aliphatic carbocycles. The van der Waals surface area contributed by atoms with E-state index in [9.17, 15) is 61.0 Å². The minimum absolute atomic E-state index is 0.186. The zero-order valence-electron chi connectivity index (χ0n) is 59.5. The SMILES string of the molecule is CC/C=C\C/C=C\C/C=C\C/C=C\C/C=C\C/C=C\C/C=C\C/C=C\C/C=C\CCCCCC(=O)NC(COC1OC(CO)C(OC2OC(CO)C(OC3OC(CO)C(O)C(O)C3O)C(O)C2O)C(O)C1O)C(O)/C=C/CC/C=C/CCCCCCCCCCCCCCCCCC. The zero-order valence-corrected chi connectivity index (χ0v) is 59.5. The van der Waals surface area contributed by atoms with Crippen LogP contribution in [-0.2, 0) is 33.2 Å². The van der Waals surface area contributed by atoms with E-state index in [4.69, 9.17) is 28.4 Å². The van der Waals surface area contributed by atoms with Crippen LogP contribution < -0.4 is 5.32 Å². The topological polar surface area (TPSA) is 307 Å². The van der Waals surface area contributed by atoms with E-state index in [-0.39, 0.29) is 18.9 Å². The number of aliphatic hydroxyl groups is 11. The van der Waals surface area contributed by atoms with Gasteiger partial charge < -0.3 is 89.9 Å². The first-order valence-electron chi connectivity index (χ1n) is 37.4. The molecule has 19 heteroatoms. The summed E-state index contributed by atoms with van der Waals surface area (Å²) in [5.41, 5.74) is 0. The molecule has 3 aliphatic heterocycles. The molecule has 0 aromatic heterocycles. The number of hydrogen-bond donors (Lipinski definition) is 12. The molecule has 0 saturated carbocycles. The number of unbranched alkanes of at least 4 members (excludes halogenated alkanes) is 20. The number of hydrogen-bond acceptors (Lipinski definition) is 18. The average molecular weight is 1380 g/mol. The van der Waals surface area contributed by atoms with Crippen LogP contribution in [0, 0.1) is 0 Å². The second-order valence-corrected chi connectivity index (χ2v) is 26.0. The van der Waals surface area contributed by atoms with Gasteiger partial charge in [0.2, 0.25) is 5.91 Å². The molecule has 17 atom stereocenters. The molecule has 98 heavy (non-hydrogen) atoms. The van der Waals surface area contributed by atoms with Crippen LogP contribution in [0.25, 0.3) is 0 Å². The number of ether oxygens (including phenoxy) is 6. The third kappa shape index (κ3) is 38.8. The maximum absolute atomic E-state index is 13.4. The minimum Gasteiger partial charge on any atom is -0.394 e. The molecule has 0 aromatic carbocycles. The fourth-order valence-corrected chi connectivity index (χ4v) is 11.7. The van der Waals surface area contributed by atoms with E-state index in [1.807, 2.05) is 6.08 Å². The van der Waals surface area contributed by atoms with Crippen LogP contribution in [0.5, 0.6) is 0 Å². The van der Waals surface area contributed by atoms with Gasteiger partial charge in [0.1, 0.15) is 73.2 Å². The number of carbonyl (C=O) groups is 1. The third-order valence-corrected chi connectivity index (χ3v) is 17.7. The molecule has 17 unspecified atom stereocenters. The molecule has 1 amide bonds. The molecule has 0 radical (unpaired) electrons. The van der Waals surface area contributed by atoms with Crippen LogP contribution >= 0.6 is 0 Å². The Labute approximate surface area is 588 Å². The summed E-state index contributed by atoms with van der Waals surface area (Å²) in [6.45, 7) is 1.57. The van der Waals surface area contributed by atoms with Gasteiger partial charge in [-0.2, -0.15) is 0 Å². The van der Waals surface area contributed by atoms with Gasteiger partial charge in [0.15, 0.2) is 18.9 Å². The Hall–Kier alpha value is -4.07. The summed E-state index contributed by atoms with van der Waals surface area (Å²) in [6.07, 6.45) is 55.7. The highest BCUT2D eigenvalue weighted by Gasteiger charge is 2.53. The van der Waals surface area contributed by atoms with E-state index in [0.29, 0.717) is 12.8 Å². The molecule has 0 aromatic rings. The summed E-state index contributed by atoms with van der Waals surface area (Å²) in [5, 5.41) is 121. The van der Waals surface area contributed by atoms with Gasteiger partial charge in [-0.25, -0.2) is 0 Å². The van der Waals surface area contributed by atoms with Crippen molar-refractivity contribution in [1.82, 2.24) is 5.32 Å². The molecule has 560 valence electrons. The lowest BCUT2D eigenvalue weighted by molar-refractivity contribution is -0.379. The number of carbonyl (C=O) groups excluding carboxylic acids is 1. The Morgan fingerprint density at radius 1 is 0.378 bits per heavy atom. The maximum Gasteiger partial charge on any atom is 0.220 e. The molecule has 0 bridgehead atoms. The molecule has 3 rings (SSSR count). The number of aliphatic hydroxyl groups excluding tert-OH is 11. The van der Waals surface area contributed by atoms with Crippen LogP contribution in [0.2, 0.25) is 0 Å². The van der Waals surface area contributed by atoms with Gasteiger partial charge in [-0.05, 0) is 103 Å². The predicted molar refractivity (Wildman–Crippen MR) is 387 cm³/mol. The smallest absolute Gasteiger partial charge is 0.220 e. The highest BCUT2D eigenvalue weighted by Crippen LogP contribution is 2.33. The average Bonchev–Trinajstić information content (AvgIpc) is 0.785. The number of rotatable bonds is 56. The first-order chi connectivity index (χ1) is 47.8. The minimum atomic E-state index is -1.99.